The summed E-state index contributed by atoms with van der Waals surface area (Å²) in [6, 6.07) is 2.18. The SMILES string of the molecule is C[C@@H](Oc1c(N)ncc2c1OCC2C1=CCN(C(N)=O)CC1)c1c(Cl)ccc(F)c1Cl. The number of hydrogen-bond acceptors (Lipinski definition) is 5. The highest BCUT2D eigenvalue weighted by Crippen LogP contribution is 2.48. The van der Waals surface area contributed by atoms with Crippen molar-refractivity contribution in [2.24, 2.45) is 5.73 Å². The number of aromatic nitrogens is 1. The molecule has 0 aliphatic carbocycles. The van der Waals surface area contributed by atoms with E-state index < -0.39 is 18.0 Å². The number of benzene rings is 1. The van der Waals surface area contributed by atoms with E-state index in [2.05, 4.69) is 4.98 Å². The van der Waals surface area contributed by atoms with Gasteiger partial charge in [0, 0.05) is 41.4 Å². The maximum atomic E-state index is 13.9. The van der Waals surface area contributed by atoms with Gasteiger partial charge in [-0.2, -0.15) is 0 Å². The summed E-state index contributed by atoms with van der Waals surface area (Å²) in [5, 5.41) is 0.174. The number of urea groups is 1. The molecule has 10 heteroatoms. The number of nitrogens with two attached hydrogens (primary N) is 2. The second kappa shape index (κ2) is 8.43. The molecule has 1 unspecified atom stereocenters. The highest BCUT2D eigenvalue weighted by molar-refractivity contribution is 6.36. The topological polar surface area (TPSA) is 104 Å². The van der Waals surface area contributed by atoms with Crippen LogP contribution in [-0.2, 0) is 0 Å². The molecule has 1 aromatic heterocycles. The predicted octanol–water partition coefficient (Wildman–Crippen LogP) is 4.44. The van der Waals surface area contributed by atoms with Crippen LogP contribution < -0.4 is 20.9 Å². The van der Waals surface area contributed by atoms with Gasteiger partial charge in [-0.15, -0.1) is 0 Å². The van der Waals surface area contributed by atoms with Crippen molar-refractivity contribution in [3.05, 3.63) is 57.0 Å². The van der Waals surface area contributed by atoms with Crippen LogP contribution in [0.5, 0.6) is 11.5 Å². The summed E-state index contributed by atoms with van der Waals surface area (Å²) >= 11 is 12.3. The molecule has 0 radical (unpaired) electrons. The number of ether oxygens (including phenoxy) is 2. The maximum absolute atomic E-state index is 13.9. The maximum Gasteiger partial charge on any atom is 0.315 e. The Balaban J connectivity index is 1.62. The molecule has 1 aromatic carbocycles. The Morgan fingerprint density at radius 3 is 2.87 bits per heavy atom. The largest absolute Gasteiger partial charge is 0.488 e. The lowest BCUT2D eigenvalue weighted by Gasteiger charge is -2.27. The molecule has 0 bridgehead atoms. The molecule has 2 aliphatic heterocycles. The van der Waals surface area contributed by atoms with E-state index in [1.165, 1.54) is 12.1 Å². The number of halogens is 3. The second-order valence-electron chi connectivity index (χ2n) is 7.45. The number of carbonyl (C=O) groups excluding carboxylic acids is 1. The number of pyridine rings is 1. The van der Waals surface area contributed by atoms with Crippen molar-refractivity contribution < 1.29 is 18.7 Å². The Kier molecular flexibility index (Phi) is 5.85. The smallest absolute Gasteiger partial charge is 0.315 e. The van der Waals surface area contributed by atoms with E-state index in [1.807, 2.05) is 6.08 Å². The van der Waals surface area contributed by atoms with Crippen molar-refractivity contribution in [2.75, 3.05) is 25.4 Å². The highest BCUT2D eigenvalue weighted by atomic mass is 35.5. The van der Waals surface area contributed by atoms with Gasteiger partial charge in [0.15, 0.2) is 11.6 Å². The molecular formula is C21H21Cl2FN4O3. The Labute approximate surface area is 188 Å². The molecule has 0 spiro atoms. The third-order valence-corrected chi connectivity index (χ3v) is 6.31. The molecule has 2 amide bonds. The van der Waals surface area contributed by atoms with Gasteiger partial charge in [0.1, 0.15) is 11.9 Å². The zero-order valence-electron chi connectivity index (χ0n) is 16.7. The van der Waals surface area contributed by atoms with Crippen molar-refractivity contribution in [2.45, 2.75) is 25.4 Å². The van der Waals surface area contributed by atoms with Gasteiger partial charge in [-0.1, -0.05) is 34.9 Å². The van der Waals surface area contributed by atoms with E-state index in [9.17, 15) is 9.18 Å². The van der Waals surface area contributed by atoms with E-state index >= 15 is 0 Å². The van der Waals surface area contributed by atoms with Crippen LogP contribution in [0, 0.1) is 5.82 Å². The Hall–Kier alpha value is -2.71. The molecule has 0 saturated heterocycles. The summed E-state index contributed by atoms with van der Waals surface area (Å²) in [6.07, 6.45) is 3.64. The molecule has 2 aromatic rings. The van der Waals surface area contributed by atoms with Crippen LogP contribution in [0.3, 0.4) is 0 Å². The first-order valence-electron chi connectivity index (χ1n) is 9.72. The first-order chi connectivity index (χ1) is 14.8. The fourth-order valence-corrected chi connectivity index (χ4v) is 4.61. The van der Waals surface area contributed by atoms with Gasteiger partial charge in [0.25, 0.3) is 0 Å². The fraction of sp³-hybridized carbons (Fsp3) is 0.333. The zero-order valence-corrected chi connectivity index (χ0v) is 18.2. The minimum atomic E-state index is -0.702. The van der Waals surface area contributed by atoms with Crippen LogP contribution in [0.2, 0.25) is 10.0 Å². The third kappa shape index (κ3) is 3.97. The summed E-state index contributed by atoms with van der Waals surface area (Å²) in [5.41, 5.74) is 13.7. The van der Waals surface area contributed by atoms with Crippen molar-refractivity contribution in [3.63, 3.8) is 0 Å². The summed E-state index contributed by atoms with van der Waals surface area (Å²) in [7, 11) is 0. The van der Waals surface area contributed by atoms with Crippen molar-refractivity contribution >= 4 is 35.1 Å². The minimum Gasteiger partial charge on any atom is -0.488 e. The molecule has 4 N–H and O–H groups in total. The van der Waals surface area contributed by atoms with Gasteiger partial charge in [0.2, 0.25) is 5.75 Å². The van der Waals surface area contributed by atoms with E-state index in [-0.39, 0.29) is 27.5 Å². The van der Waals surface area contributed by atoms with E-state index in [4.69, 9.17) is 44.1 Å². The quantitative estimate of drug-likeness (QED) is 0.511. The number of fused-ring (bicyclic) bond motifs is 1. The normalized spacial score (nSPS) is 18.8. The first-order valence-corrected chi connectivity index (χ1v) is 10.5. The lowest BCUT2D eigenvalue weighted by atomic mass is 9.89. The average Bonchev–Trinajstić information content (AvgIpc) is 3.17. The van der Waals surface area contributed by atoms with Crippen LogP contribution in [0.1, 0.15) is 36.5 Å². The third-order valence-electron chi connectivity index (χ3n) is 5.60. The molecule has 3 heterocycles. The molecule has 4 rings (SSSR count). The van der Waals surface area contributed by atoms with E-state index in [0.717, 1.165) is 11.1 Å². The molecule has 31 heavy (non-hydrogen) atoms. The predicted molar refractivity (Wildman–Crippen MR) is 116 cm³/mol. The fourth-order valence-electron chi connectivity index (χ4n) is 3.93. The van der Waals surface area contributed by atoms with Crippen LogP contribution in [0.15, 0.2) is 30.0 Å². The van der Waals surface area contributed by atoms with E-state index in [0.29, 0.717) is 37.4 Å². The van der Waals surface area contributed by atoms with Crippen LogP contribution >= 0.6 is 23.2 Å². The van der Waals surface area contributed by atoms with Gasteiger partial charge in [0.05, 0.1) is 11.6 Å². The number of hydrogen-bond donors (Lipinski definition) is 2. The number of nitrogen functional groups attached to an aromatic ring is 1. The van der Waals surface area contributed by atoms with E-state index in [1.54, 1.807) is 18.0 Å². The lowest BCUT2D eigenvalue weighted by molar-refractivity contribution is 0.209. The standard InChI is InChI=1S/C21H21Cl2FN4O3/c1-10(16-14(22)2-3-15(24)17(16)23)31-19-18-12(8-27-20(19)25)13(9-30-18)11-4-6-28(7-5-11)21(26)29/h2-4,8,10,13H,5-7,9H2,1H3,(H2,25,27)(H2,26,29)/t10-,13?/m1/s1. The number of carbonyl (C=O) groups is 1. The van der Waals surface area contributed by atoms with Gasteiger partial charge in [-0.25, -0.2) is 14.2 Å². The van der Waals surface area contributed by atoms with Crippen LogP contribution in [-0.4, -0.2) is 35.6 Å². The summed E-state index contributed by atoms with van der Waals surface area (Å²) in [5.74, 6) is 0.279. The van der Waals surface area contributed by atoms with Crippen LogP contribution in [0.25, 0.3) is 0 Å². The van der Waals surface area contributed by atoms with Crippen molar-refractivity contribution in [1.82, 2.24) is 9.88 Å². The molecule has 0 fully saturated rings. The van der Waals surface area contributed by atoms with Crippen molar-refractivity contribution in [1.29, 1.82) is 0 Å². The molecule has 2 atom stereocenters. The molecular weight excluding hydrogens is 446 g/mol. The molecule has 164 valence electrons. The van der Waals surface area contributed by atoms with Crippen LogP contribution in [0.4, 0.5) is 15.0 Å². The van der Waals surface area contributed by atoms with Gasteiger partial charge >= 0.3 is 6.03 Å². The van der Waals surface area contributed by atoms with Gasteiger partial charge in [-0.3, -0.25) is 0 Å². The second-order valence-corrected chi connectivity index (χ2v) is 8.24. The number of amides is 2. The minimum absolute atomic E-state index is 0.0304. The highest BCUT2D eigenvalue weighted by Gasteiger charge is 2.34. The van der Waals surface area contributed by atoms with Gasteiger partial charge in [-0.05, 0) is 25.5 Å². The Morgan fingerprint density at radius 2 is 2.19 bits per heavy atom. The monoisotopic (exact) mass is 466 g/mol. The average molecular weight is 467 g/mol. The number of rotatable bonds is 4. The Bertz CT molecular complexity index is 1080. The van der Waals surface area contributed by atoms with Gasteiger partial charge < -0.3 is 25.8 Å². The molecule has 0 saturated carbocycles. The lowest BCUT2D eigenvalue weighted by Crippen LogP contribution is -2.39. The number of nitrogens with zero attached hydrogens (tertiary/aromatic N) is 2. The first kappa shape index (κ1) is 21.5. The summed E-state index contributed by atoms with van der Waals surface area (Å²) in [6.45, 7) is 3.09. The molecule has 7 nitrogen and oxygen atoms in total. The summed E-state index contributed by atoms with van der Waals surface area (Å²) in [4.78, 5) is 17.2. The zero-order chi connectivity index (χ0) is 22.3. The van der Waals surface area contributed by atoms with Crippen molar-refractivity contribution in [3.8, 4) is 11.5 Å². The summed E-state index contributed by atoms with van der Waals surface area (Å²) < 4.78 is 25.9. The number of primary amides is 1. The molecule has 2 aliphatic rings. The Morgan fingerprint density at radius 1 is 1.42 bits per heavy atom. The number of anilines is 1.